The zero-order valence-corrected chi connectivity index (χ0v) is 32.2. The minimum atomic E-state index is 0.927. The highest BCUT2D eigenvalue weighted by molar-refractivity contribution is 6.25. The Bertz CT molecular complexity index is 3670. The highest BCUT2D eigenvalue weighted by Gasteiger charge is 2.24. The van der Waals surface area contributed by atoms with Crippen LogP contribution in [0.1, 0.15) is 17.7 Å². The number of hydrogen-bond donors (Lipinski definition) is 0. The molecule has 1 aliphatic rings. The van der Waals surface area contributed by atoms with E-state index in [1.807, 2.05) is 0 Å². The molecule has 0 spiro atoms. The molecule has 0 N–H and O–H groups in total. The number of nitrogens with zero attached hydrogens (tertiary/aromatic N) is 4. The molecule has 0 atom stereocenters. The summed E-state index contributed by atoms with van der Waals surface area (Å²) in [4.78, 5) is 5.79. The molecule has 4 heteroatoms. The van der Waals surface area contributed by atoms with E-state index in [9.17, 15) is 0 Å². The molecule has 0 bridgehead atoms. The minimum Gasteiger partial charge on any atom is -0.310 e. The topological polar surface area (TPSA) is 27.7 Å². The molecule has 0 aliphatic heterocycles. The Morgan fingerprint density at radius 3 is 1.76 bits per heavy atom. The van der Waals surface area contributed by atoms with Crippen molar-refractivity contribution in [3.8, 4) is 28.5 Å². The number of aromatic nitrogens is 4. The van der Waals surface area contributed by atoms with Crippen molar-refractivity contribution in [3.63, 3.8) is 0 Å². The van der Waals surface area contributed by atoms with Crippen LogP contribution < -0.4 is 0 Å². The lowest BCUT2D eigenvalue weighted by Gasteiger charge is -2.16. The summed E-state index contributed by atoms with van der Waals surface area (Å²) in [5, 5.41) is 10.9. The maximum atomic E-state index is 5.79. The number of fused-ring (bicyclic) bond motifs is 13. The first-order valence-corrected chi connectivity index (χ1v) is 20.5. The lowest BCUT2D eigenvalue weighted by Crippen LogP contribution is -2.01. The summed E-state index contributed by atoms with van der Waals surface area (Å²) in [7, 11) is 0. The Morgan fingerprint density at radius 1 is 0.407 bits per heavy atom. The van der Waals surface area contributed by atoms with Crippen LogP contribution in [-0.2, 0) is 6.42 Å². The molecule has 276 valence electrons. The molecule has 0 saturated carbocycles. The van der Waals surface area contributed by atoms with Crippen LogP contribution in [0.3, 0.4) is 0 Å². The number of aryl methyl sites for hydroxylation is 1. The van der Waals surface area contributed by atoms with Gasteiger partial charge in [-0.15, -0.1) is 0 Å². The number of allylic oxidation sites excluding steroid dienone is 1. The molecular weight excluding hydrogens is 717 g/mol. The molecule has 1 aliphatic carbocycles. The average molecular weight is 753 g/mol. The molecule has 0 fully saturated rings. The molecule has 3 aromatic heterocycles. The predicted octanol–water partition coefficient (Wildman–Crippen LogP) is 14.2. The standard InChI is InChI=1S/C55H36N4/c1-2-17-36(18-3-1)59-54-48-34-38(58-51-27-12-8-22-44(51)45-23-9-13-28-52(45)58)30-32-41(48)40-31-29-37(57-49-25-10-6-20-42(49)43-21-7-11-26-50(43)57)33-47(40)53(54)56-55(59)46-24-14-16-35-15-4-5-19-39(35)46/h1-6,8-20,22-34H,7,21H2. The van der Waals surface area contributed by atoms with Gasteiger partial charge in [0.2, 0.25) is 0 Å². The zero-order chi connectivity index (χ0) is 38.6. The Kier molecular flexibility index (Phi) is 6.81. The SMILES string of the molecule is C1=Cc2c(c3ccccc3n2-c2ccc3c4ccc(-n5c6ccccc6c6ccccc65)cc4c4c(nc(-c5cccc6ccccc56)n4-c4ccccc4)c3c2)CC1. The number of imidazole rings is 1. The number of para-hydroxylation sites is 4. The van der Waals surface area contributed by atoms with Crippen LogP contribution in [0.4, 0.5) is 0 Å². The first-order chi connectivity index (χ1) is 29.3. The van der Waals surface area contributed by atoms with Crippen LogP contribution in [0.25, 0.3) is 111 Å². The normalized spacial score (nSPS) is 12.9. The Balaban J connectivity index is 1.20. The molecule has 0 saturated heterocycles. The van der Waals surface area contributed by atoms with Gasteiger partial charge in [0.1, 0.15) is 5.82 Å². The van der Waals surface area contributed by atoms with E-state index in [4.69, 9.17) is 4.98 Å². The Morgan fingerprint density at radius 2 is 1.00 bits per heavy atom. The monoisotopic (exact) mass is 752 g/mol. The fraction of sp³-hybridized carbons (Fsp3) is 0.0364. The fourth-order valence-electron chi connectivity index (χ4n) is 10.2. The van der Waals surface area contributed by atoms with Crippen LogP contribution in [0.2, 0.25) is 0 Å². The molecular formula is C55H36N4. The summed E-state index contributed by atoms with van der Waals surface area (Å²) >= 11 is 0. The van der Waals surface area contributed by atoms with Crippen LogP contribution in [0.15, 0.2) is 188 Å². The van der Waals surface area contributed by atoms with E-state index in [0.29, 0.717) is 0 Å². The van der Waals surface area contributed by atoms with Crippen LogP contribution >= 0.6 is 0 Å². The third kappa shape index (κ3) is 4.63. The average Bonchev–Trinajstić information content (AvgIpc) is 3.98. The van der Waals surface area contributed by atoms with Gasteiger partial charge < -0.3 is 9.13 Å². The van der Waals surface area contributed by atoms with Gasteiger partial charge in [0.25, 0.3) is 0 Å². The third-order valence-corrected chi connectivity index (χ3v) is 12.7. The lowest BCUT2D eigenvalue weighted by atomic mass is 9.98. The van der Waals surface area contributed by atoms with Crippen molar-refractivity contribution in [1.82, 2.24) is 18.7 Å². The van der Waals surface area contributed by atoms with E-state index in [1.165, 1.54) is 65.5 Å². The van der Waals surface area contributed by atoms with Crippen molar-refractivity contribution in [3.05, 3.63) is 199 Å². The van der Waals surface area contributed by atoms with Gasteiger partial charge >= 0.3 is 0 Å². The second-order valence-electron chi connectivity index (χ2n) is 15.8. The number of rotatable bonds is 4. The first-order valence-electron chi connectivity index (χ1n) is 20.5. The molecule has 0 radical (unpaired) electrons. The van der Waals surface area contributed by atoms with Crippen LogP contribution in [0, 0.1) is 0 Å². The van der Waals surface area contributed by atoms with E-state index < -0.39 is 0 Å². The summed E-state index contributed by atoms with van der Waals surface area (Å²) < 4.78 is 7.30. The van der Waals surface area contributed by atoms with Crippen molar-refractivity contribution in [2.75, 3.05) is 0 Å². The van der Waals surface area contributed by atoms with E-state index in [2.05, 4.69) is 208 Å². The summed E-state index contributed by atoms with van der Waals surface area (Å²) in [5.41, 5.74) is 12.9. The maximum absolute atomic E-state index is 5.79. The summed E-state index contributed by atoms with van der Waals surface area (Å²) in [6.07, 6.45) is 6.75. The van der Waals surface area contributed by atoms with E-state index in [0.717, 1.165) is 63.1 Å². The number of hydrogen-bond acceptors (Lipinski definition) is 1. The molecule has 13 rings (SSSR count). The van der Waals surface area contributed by atoms with Gasteiger partial charge in [0.15, 0.2) is 0 Å². The largest absolute Gasteiger partial charge is 0.310 e. The molecule has 4 nitrogen and oxygen atoms in total. The zero-order valence-electron chi connectivity index (χ0n) is 32.2. The van der Waals surface area contributed by atoms with E-state index in [-0.39, 0.29) is 0 Å². The predicted molar refractivity (Wildman–Crippen MR) is 248 cm³/mol. The number of benzene rings is 9. The molecule has 12 aromatic rings. The fourth-order valence-corrected chi connectivity index (χ4v) is 10.2. The lowest BCUT2D eigenvalue weighted by molar-refractivity contribution is 0.968. The van der Waals surface area contributed by atoms with Gasteiger partial charge in [-0.2, -0.15) is 0 Å². The second-order valence-corrected chi connectivity index (χ2v) is 15.8. The van der Waals surface area contributed by atoms with Crippen molar-refractivity contribution in [1.29, 1.82) is 0 Å². The van der Waals surface area contributed by atoms with Crippen molar-refractivity contribution >= 4 is 82.1 Å². The van der Waals surface area contributed by atoms with Crippen molar-refractivity contribution in [2.45, 2.75) is 12.8 Å². The van der Waals surface area contributed by atoms with Crippen molar-refractivity contribution < 1.29 is 0 Å². The summed E-state index contributed by atoms with van der Waals surface area (Å²) in [5.74, 6) is 0.927. The molecule has 9 aromatic carbocycles. The summed E-state index contributed by atoms with van der Waals surface area (Å²) in [6.45, 7) is 0. The smallest absolute Gasteiger partial charge is 0.146 e. The van der Waals surface area contributed by atoms with Crippen LogP contribution in [0.5, 0.6) is 0 Å². The summed E-state index contributed by atoms with van der Waals surface area (Å²) in [6, 6.07) is 66.5. The molecule has 0 unspecified atom stereocenters. The maximum Gasteiger partial charge on any atom is 0.146 e. The van der Waals surface area contributed by atoms with Gasteiger partial charge in [-0.25, -0.2) is 4.98 Å². The van der Waals surface area contributed by atoms with Crippen LogP contribution in [-0.4, -0.2) is 18.7 Å². The van der Waals surface area contributed by atoms with Gasteiger partial charge in [-0.05, 0) is 101 Å². The van der Waals surface area contributed by atoms with Gasteiger partial charge in [0.05, 0.1) is 27.6 Å². The highest BCUT2D eigenvalue weighted by atomic mass is 15.1. The second kappa shape index (κ2) is 12.4. The minimum absolute atomic E-state index is 0.927. The molecule has 3 heterocycles. The van der Waals surface area contributed by atoms with Gasteiger partial charge in [-0.1, -0.05) is 133 Å². The van der Waals surface area contributed by atoms with E-state index >= 15 is 0 Å². The van der Waals surface area contributed by atoms with Gasteiger partial charge in [-0.3, -0.25) is 4.57 Å². The van der Waals surface area contributed by atoms with Gasteiger partial charge in [0, 0.05) is 55.3 Å². The Hall–Kier alpha value is -7.69. The highest BCUT2D eigenvalue weighted by Crippen LogP contribution is 2.44. The quantitative estimate of drug-likeness (QED) is 0.165. The Labute approximate surface area is 340 Å². The molecule has 59 heavy (non-hydrogen) atoms. The third-order valence-electron chi connectivity index (χ3n) is 12.7. The first kappa shape index (κ1) is 32.4. The van der Waals surface area contributed by atoms with Crippen molar-refractivity contribution in [2.24, 2.45) is 0 Å². The molecule has 0 amide bonds. The van der Waals surface area contributed by atoms with E-state index in [1.54, 1.807) is 0 Å².